The van der Waals surface area contributed by atoms with E-state index in [1.54, 1.807) is 6.20 Å². The summed E-state index contributed by atoms with van der Waals surface area (Å²) in [6.45, 7) is 0. The topological polar surface area (TPSA) is 59.2 Å². The fourth-order valence-electron chi connectivity index (χ4n) is 2.83. The third-order valence-corrected chi connectivity index (χ3v) is 3.85. The Bertz CT molecular complexity index is 430. The van der Waals surface area contributed by atoms with Crippen molar-refractivity contribution in [2.45, 2.75) is 50.2 Å². The van der Waals surface area contributed by atoms with Crippen molar-refractivity contribution < 1.29 is 4.79 Å². The molecule has 2 unspecified atom stereocenters. The first kappa shape index (κ1) is 11.7. The highest BCUT2D eigenvalue weighted by molar-refractivity contribution is 5.77. The van der Waals surface area contributed by atoms with Gasteiger partial charge in [-0.25, -0.2) is 0 Å². The molecule has 1 aliphatic heterocycles. The van der Waals surface area contributed by atoms with Gasteiger partial charge >= 0.3 is 0 Å². The summed E-state index contributed by atoms with van der Waals surface area (Å²) in [7, 11) is 0. The number of nitrogens with two attached hydrogens (primary N) is 1. The van der Waals surface area contributed by atoms with Gasteiger partial charge < -0.3 is 10.6 Å². The van der Waals surface area contributed by atoms with Crippen molar-refractivity contribution in [2.24, 2.45) is 5.73 Å². The standard InChI is InChI=1S/C14H19N3O/c15-11-4-3-6-13(18)17(10-7-8-10)14(11)12-5-1-2-9-16-12/h1-2,5,9-11,14H,3-4,6-8,15H2. The minimum absolute atomic E-state index is 0.00644. The quantitative estimate of drug-likeness (QED) is 0.861. The van der Waals surface area contributed by atoms with Gasteiger partial charge in [0, 0.05) is 24.7 Å². The predicted octanol–water partition coefficient (Wildman–Crippen LogP) is 1.62. The molecule has 0 radical (unpaired) electrons. The van der Waals surface area contributed by atoms with Gasteiger partial charge in [0.2, 0.25) is 5.91 Å². The summed E-state index contributed by atoms with van der Waals surface area (Å²) in [4.78, 5) is 18.7. The minimum atomic E-state index is -0.0336. The van der Waals surface area contributed by atoms with E-state index in [2.05, 4.69) is 4.98 Å². The van der Waals surface area contributed by atoms with Crippen LogP contribution in [0.1, 0.15) is 43.8 Å². The average molecular weight is 245 g/mol. The number of nitrogens with zero attached hydrogens (tertiary/aromatic N) is 2. The van der Waals surface area contributed by atoms with Crippen molar-refractivity contribution in [2.75, 3.05) is 0 Å². The normalized spacial score (nSPS) is 29.2. The number of hydrogen-bond donors (Lipinski definition) is 1. The summed E-state index contributed by atoms with van der Waals surface area (Å²) in [5, 5.41) is 0. The molecule has 0 aromatic carbocycles. The second kappa shape index (κ2) is 4.69. The summed E-state index contributed by atoms with van der Waals surface area (Å²) < 4.78 is 0. The molecule has 2 atom stereocenters. The van der Waals surface area contributed by atoms with Crippen LogP contribution < -0.4 is 5.73 Å². The number of carbonyl (C=O) groups excluding carboxylic acids is 1. The number of pyridine rings is 1. The first-order chi connectivity index (χ1) is 8.77. The molecular formula is C14H19N3O. The summed E-state index contributed by atoms with van der Waals surface area (Å²) in [5.74, 6) is 0.251. The van der Waals surface area contributed by atoms with Gasteiger partial charge in [0.15, 0.2) is 0 Å². The van der Waals surface area contributed by atoms with Crippen molar-refractivity contribution in [3.63, 3.8) is 0 Å². The van der Waals surface area contributed by atoms with Crippen LogP contribution in [0.5, 0.6) is 0 Å². The lowest BCUT2D eigenvalue weighted by Crippen LogP contribution is -2.43. The average Bonchev–Trinajstić information content (AvgIpc) is 3.20. The van der Waals surface area contributed by atoms with Gasteiger partial charge in [-0.1, -0.05) is 6.07 Å². The second-order valence-corrected chi connectivity index (χ2v) is 5.29. The third kappa shape index (κ3) is 2.12. The van der Waals surface area contributed by atoms with Crippen molar-refractivity contribution in [1.82, 2.24) is 9.88 Å². The molecule has 1 amide bonds. The Balaban J connectivity index is 1.96. The fourth-order valence-corrected chi connectivity index (χ4v) is 2.83. The van der Waals surface area contributed by atoms with E-state index in [0.29, 0.717) is 12.5 Å². The zero-order chi connectivity index (χ0) is 12.5. The molecule has 18 heavy (non-hydrogen) atoms. The summed E-state index contributed by atoms with van der Waals surface area (Å²) in [6.07, 6.45) is 6.43. The summed E-state index contributed by atoms with van der Waals surface area (Å²) >= 11 is 0. The van der Waals surface area contributed by atoms with E-state index in [-0.39, 0.29) is 18.0 Å². The Hall–Kier alpha value is -1.42. The molecule has 1 saturated heterocycles. The van der Waals surface area contributed by atoms with E-state index in [9.17, 15) is 4.79 Å². The highest BCUT2D eigenvalue weighted by atomic mass is 16.2. The number of aromatic nitrogens is 1. The Labute approximate surface area is 107 Å². The van der Waals surface area contributed by atoms with Gasteiger partial charge in [-0.05, 0) is 37.8 Å². The molecule has 2 fully saturated rings. The van der Waals surface area contributed by atoms with Gasteiger partial charge in [0.05, 0.1) is 11.7 Å². The lowest BCUT2D eigenvalue weighted by Gasteiger charge is -2.33. The molecular weight excluding hydrogens is 226 g/mol. The zero-order valence-corrected chi connectivity index (χ0v) is 10.5. The summed E-state index contributed by atoms with van der Waals surface area (Å²) in [5.41, 5.74) is 7.23. The van der Waals surface area contributed by atoms with Crippen LogP contribution in [0.4, 0.5) is 0 Å². The van der Waals surface area contributed by atoms with E-state index < -0.39 is 0 Å². The predicted molar refractivity (Wildman–Crippen MR) is 68.7 cm³/mol. The van der Waals surface area contributed by atoms with Crippen LogP contribution in [0.15, 0.2) is 24.4 Å². The van der Waals surface area contributed by atoms with E-state index in [4.69, 9.17) is 5.73 Å². The van der Waals surface area contributed by atoms with Crippen molar-refractivity contribution in [3.05, 3.63) is 30.1 Å². The molecule has 3 rings (SSSR count). The van der Waals surface area contributed by atoms with E-state index in [0.717, 1.165) is 31.4 Å². The van der Waals surface area contributed by atoms with Crippen molar-refractivity contribution in [3.8, 4) is 0 Å². The van der Waals surface area contributed by atoms with Crippen LogP contribution in [0.2, 0.25) is 0 Å². The van der Waals surface area contributed by atoms with Crippen LogP contribution in [0.3, 0.4) is 0 Å². The van der Waals surface area contributed by atoms with Crippen LogP contribution in [0.25, 0.3) is 0 Å². The molecule has 0 bridgehead atoms. The molecule has 1 saturated carbocycles. The van der Waals surface area contributed by atoms with Gasteiger partial charge in [0.25, 0.3) is 0 Å². The highest BCUT2D eigenvalue weighted by Gasteiger charge is 2.42. The SMILES string of the molecule is NC1CCCC(=O)N(C2CC2)C1c1ccccn1. The summed E-state index contributed by atoms with van der Waals surface area (Å²) in [6, 6.07) is 6.22. The smallest absolute Gasteiger partial charge is 0.223 e. The van der Waals surface area contributed by atoms with Crippen molar-refractivity contribution in [1.29, 1.82) is 0 Å². The second-order valence-electron chi connectivity index (χ2n) is 5.29. The number of rotatable bonds is 2. The number of likely N-dealkylation sites (tertiary alicyclic amines) is 1. The molecule has 0 spiro atoms. The van der Waals surface area contributed by atoms with Crippen LogP contribution in [-0.2, 0) is 4.79 Å². The van der Waals surface area contributed by atoms with E-state index in [1.807, 2.05) is 23.1 Å². The van der Waals surface area contributed by atoms with Crippen molar-refractivity contribution >= 4 is 5.91 Å². The van der Waals surface area contributed by atoms with E-state index in [1.165, 1.54) is 0 Å². The Kier molecular flexibility index (Phi) is 3.04. The van der Waals surface area contributed by atoms with E-state index >= 15 is 0 Å². The first-order valence-electron chi connectivity index (χ1n) is 6.75. The largest absolute Gasteiger partial charge is 0.330 e. The van der Waals surface area contributed by atoms with Crippen LogP contribution in [0, 0.1) is 0 Å². The molecule has 96 valence electrons. The van der Waals surface area contributed by atoms with Gasteiger partial charge in [0.1, 0.15) is 0 Å². The molecule has 2 aliphatic rings. The highest BCUT2D eigenvalue weighted by Crippen LogP contribution is 2.38. The molecule has 2 heterocycles. The monoisotopic (exact) mass is 245 g/mol. The molecule has 4 heteroatoms. The number of hydrogen-bond acceptors (Lipinski definition) is 3. The molecule has 1 aromatic rings. The molecule has 4 nitrogen and oxygen atoms in total. The number of amides is 1. The Morgan fingerprint density at radius 3 is 2.78 bits per heavy atom. The Morgan fingerprint density at radius 1 is 1.28 bits per heavy atom. The Morgan fingerprint density at radius 2 is 2.11 bits per heavy atom. The van der Waals surface area contributed by atoms with Gasteiger partial charge in [-0.2, -0.15) is 0 Å². The zero-order valence-electron chi connectivity index (χ0n) is 10.5. The van der Waals surface area contributed by atoms with Gasteiger partial charge in [-0.15, -0.1) is 0 Å². The molecule has 1 aliphatic carbocycles. The minimum Gasteiger partial charge on any atom is -0.330 e. The lowest BCUT2D eigenvalue weighted by atomic mass is 10.0. The fraction of sp³-hybridized carbons (Fsp3) is 0.571. The third-order valence-electron chi connectivity index (χ3n) is 3.85. The number of carbonyl (C=O) groups is 1. The molecule has 2 N–H and O–H groups in total. The van der Waals surface area contributed by atoms with Gasteiger partial charge in [-0.3, -0.25) is 9.78 Å². The maximum Gasteiger partial charge on any atom is 0.223 e. The molecule has 1 aromatic heterocycles. The maximum absolute atomic E-state index is 12.3. The van der Waals surface area contributed by atoms with Crippen LogP contribution >= 0.6 is 0 Å². The first-order valence-corrected chi connectivity index (χ1v) is 6.75. The maximum atomic E-state index is 12.3. The van der Waals surface area contributed by atoms with Crippen LogP contribution in [-0.4, -0.2) is 27.9 Å². The lowest BCUT2D eigenvalue weighted by molar-refractivity contribution is -0.134.